The van der Waals surface area contributed by atoms with Crippen molar-refractivity contribution in [3.8, 4) is 0 Å². The van der Waals surface area contributed by atoms with Gasteiger partial charge in [0.2, 0.25) is 5.91 Å². The van der Waals surface area contributed by atoms with Crippen LogP contribution in [0.2, 0.25) is 0 Å². The van der Waals surface area contributed by atoms with Crippen molar-refractivity contribution in [1.82, 2.24) is 19.8 Å². The minimum absolute atomic E-state index is 0.218. The maximum Gasteiger partial charge on any atom is 0.236 e. The number of anilines is 1. The van der Waals surface area contributed by atoms with Crippen LogP contribution in [0.25, 0.3) is 0 Å². The van der Waals surface area contributed by atoms with Gasteiger partial charge in [-0.25, -0.2) is 9.97 Å². The van der Waals surface area contributed by atoms with Gasteiger partial charge in [0.1, 0.15) is 11.6 Å². The summed E-state index contributed by atoms with van der Waals surface area (Å²) in [6, 6.07) is 10.6. The quantitative estimate of drug-likeness (QED) is 0.763. The van der Waals surface area contributed by atoms with Crippen LogP contribution < -0.4 is 4.90 Å². The fourth-order valence-electron chi connectivity index (χ4n) is 4.61. The van der Waals surface area contributed by atoms with E-state index >= 15 is 0 Å². The largest absolute Gasteiger partial charge is 0.352 e. The van der Waals surface area contributed by atoms with E-state index in [4.69, 9.17) is 9.97 Å². The summed E-state index contributed by atoms with van der Waals surface area (Å²) in [6.45, 7) is 6.13. The Morgan fingerprint density at radius 1 is 1.10 bits per heavy atom. The number of piperidine rings is 1. The zero-order valence-electron chi connectivity index (χ0n) is 18.5. The Balaban J connectivity index is 1.50. The molecule has 1 saturated heterocycles. The Labute approximate surface area is 179 Å². The smallest absolute Gasteiger partial charge is 0.236 e. The van der Waals surface area contributed by atoms with E-state index in [0.29, 0.717) is 12.5 Å². The molecule has 0 aliphatic carbocycles. The predicted octanol–water partition coefficient (Wildman–Crippen LogP) is 3.01. The predicted molar refractivity (Wildman–Crippen MR) is 120 cm³/mol. The molecular formula is C24H33N5O. The van der Waals surface area contributed by atoms with Gasteiger partial charge in [0.15, 0.2) is 0 Å². The molecule has 160 valence electrons. The van der Waals surface area contributed by atoms with Crippen LogP contribution in [0.1, 0.15) is 47.8 Å². The maximum absolute atomic E-state index is 12.4. The fraction of sp³-hybridized carbons (Fsp3) is 0.542. The van der Waals surface area contributed by atoms with Crippen molar-refractivity contribution >= 4 is 11.7 Å². The summed E-state index contributed by atoms with van der Waals surface area (Å²) < 4.78 is 0. The number of amides is 1. The third-order valence-corrected chi connectivity index (χ3v) is 6.24. The molecule has 0 N–H and O–H groups in total. The van der Waals surface area contributed by atoms with Crippen molar-refractivity contribution in [3.63, 3.8) is 0 Å². The molecule has 1 amide bonds. The van der Waals surface area contributed by atoms with Gasteiger partial charge >= 0.3 is 0 Å². The Morgan fingerprint density at radius 2 is 1.83 bits per heavy atom. The highest BCUT2D eigenvalue weighted by Gasteiger charge is 2.28. The zero-order valence-corrected chi connectivity index (χ0v) is 18.5. The average Bonchev–Trinajstić information content (AvgIpc) is 2.74. The van der Waals surface area contributed by atoms with Crippen LogP contribution in [-0.2, 0) is 17.8 Å². The van der Waals surface area contributed by atoms with E-state index in [9.17, 15) is 4.79 Å². The number of hydrogen-bond donors (Lipinski definition) is 0. The summed E-state index contributed by atoms with van der Waals surface area (Å²) in [5.74, 6) is 2.64. The molecule has 1 aromatic carbocycles. The van der Waals surface area contributed by atoms with Crippen molar-refractivity contribution in [3.05, 3.63) is 53.0 Å². The number of carbonyl (C=O) groups excluding carboxylic acids is 1. The van der Waals surface area contributed by atoms with Gasteiger partial charge in [-0.3, -0.25) is 4.79 Å². The molecule has 1 fully saturated rings. The third kappa shape index (κ3) is 4.64. The molecule has 2 aliphatic heterocycles. The third-order valence-electron chi connectivity index (χ3n) is 6.24. The van der Waals surface area contributed by atoms with Crippen molar-refractivity contribution in [1.29, 1.82) is 0 Å². The van der Waals surface area contributed by atoms with Gasteiger partial charge in [0.25, 0.3) is 0 Å². The summed E-state index contributed by atoms with van der Waals surface area (Å²) >= 11 is 0. The summed E-state index contributed by atoms with van der Waals surface area (Å²) in [5, 5.41) is 0. The molecule has 3 heterocycles. The van der Waals surface area contributed by atoms with Gasteiger partial charge in [-0.05, 0) is 52.3 Å². The molecule has 30 heavy (non-hydrogen) atoms. The molecule has 0 saturated carbocycles. The first-order chi connectivity index (χ1) is 14.5. The van der Waals surface area contributed by atoms with Gasteiger partial charge in [0, 0.05) is 43.4 Å². The zero-order chi connectivity index (χ0) is 21.1. The number of aryl methyl sites for hydroxylation is 1. The first-order valence-corrected chi connectivity index (χ1v) is 11.1. The standard InChI is InChI=1S/C24H33N5O/c1-18-21-10-7-13-29(16-19-8-5-4-6-9-19)24(21)26-23(25-18)20-11-14-28(15-12-20)22(30)17-27(2)3/h4-6,8-9,20H,7,10-17H2,1-3H3. The highest BCUT2D eigenvalue weighted by Crippen LogP contribution is 2.32. The van der Waals surface area contributed by atoms with Gasteiger partial charge in [-0.15, -0.1) is 0 Å². The maximum atomic E-state index is 12.4. The molecular weight excluding hydrogens is 374 g/mol. The van der Waals surface area contributed by atoms with Gasteiger partial charge in [-0.2, -0.15) is 0 Å². The van der Waals surface area contributed by atoms with E-state index in [1.165, 1.54) is 11.1 Å². The normalized spacial score (nSPS) is 17.3. The number of likely N-dealkylation sites (N-methyl/N-ethyl adjacent to an activating group) is 1. The number of nitrogens with zero attached hydrogens (tertiary/aromatic N) is 5. The van der Waals surface area contributed by atoms with E-state index < -0.39 is 0 Å². The molecule has 0 radical (unpaired) electrons. The molecule has 1 aromatic heterocycles. The van der Waals surface area contributed by atoms with E-state index in [1.807, 2.05) is 23.9 Å². The SMILES string of the molecule is Cc1nc(C2CCN(C(=O)CN(C)C)CC2)nc2c1CCCN2Cc1ccccc1. The minimum Gasteiger partial charge on any atom is -0.352 e. The second kappa shape index (κ2) is 9.13. The first-order valence-electron chi connectivity index (χ1n) is 11.1. The summed E-state index contributed by atoms with van der Waals surface area (Å²) in [5.41, 5.74) is 3.74. The number of aromatic nitrogens is 2. The van der Waals surface area contributed by atoms with Gasteiger partial charge < -0.3 is 14.7 Å². The number of fused-ring (bicyclic) bond motifs is 1. The second-order valence-corrected chi connectivity index (χ2v) is 8.87. The Hall–Kier alpha value is -2.47. The van der Waals surface area contributed by atoms with Crippen LogP contribution in [0.3, 0.4) is 0 Å². The second-order valence-electron chi connectivity index (χ2n) is 8.87. The Bertz CT molecular complexity index is 875. The molecule has 2 aliphatic rings. The number of hydrogen-bond acceptors (Lipinski definition) is 5. The molecule has 2 aromatic rings. The van der Waals surface area contributed by atoms with E-state index in [1.54, 1.807) is 0 Å². The van der Waals surface area contributed by atoms with Crippen molar-refractivity contribution in [2.24, 2.45) is 0 Å². The number of benzene rings is 1. The molecule has 4 rings (SSSR count). The van der Waals surface area contributed by atoms with Crippen LogP contribution >= 0.6 is 0 Å². The first kappa shape index (κ1) is 20.8. The van der Waals surface area contributed by atoms with Crippen LogP contribution in [0.4, 0.5) is 5.82 Å². The van der Waals surface area contributed by atoms with Gasteiger partial charge in [0.05, 0.1) is 6.54 Å². The lowest BCUT2D eigenvalue weighted by atomic mass is 9.94. The monoisotopic (exact) mass is 407 g/mol. The molecule has 0 bridgehead atoms. The topological polar surface area (TPSA) is 52.6 Å². The highest BCUT2D eigenvalue weighted by atomic mass is 16.2. The van der Waals surface area contributed by atoms with E-state index in [-0.39, 0.29) is 5.91 Å². The molecule has 6 nitrogen and oxygen atoms in total. The fourth-order valence-corrected chi connectivity index (χ4v) is 4.61. The molecule has 0 spiro atoms. The lowest BCUT2D eigenvalue weighted by molar-refractivity contribution is -0.132. The number of rotatable bonds is 5. The Morgan fingerprint density at radius 3 is 2.53 bits per heavy atom. The van der Waals surface area contributed by atoms with Crippen LogP contribution in [0, 0.1) is 6.92 Å². The number of likely N-dealkylation sites (tertiary alicyclic amines) is 1. The lowest BCUT2D eigenvalue weighted by Gasteiger charge is -2.34. The molecule has 6 heteroatoms. The van der Waals surface area contributed by atoms with Crippen molar-refractivity contribution < 1.29 is 4.79 Å². The van der Waals surface area contributed by atoms with Crippen LogP contribution in [0.5, 0.6) is 0 Å². The van der Waals surface area contributed by atoms with Crippen molar-refractivity contribution in [2.75, 3.05) is 45.2 Å². The number of carbonyl (C=O) groups is 1. The summed E-state index contributed by atoms with van der Waals surface area (Å²) in [4.78, 5) is 28.7. The molecule has 0 unspecified atom stereocenters. The summed E-state index contributed by atoms with van der Waals surface area (Å²) in [7, 11) is 3.88. The van der Waals surface area contributed by atoms with Crippen molar-refractivity contribution in [2.45, 2.75) is 45.1 Å². The summed E-state index contributed by atoms with van der Waals surface area (Å²) in [6.07, 6.45) is 4.09. The average molecular weight is 408 g/mol. The highest BCUT2D eigenvalue weighted by molar-refractivity contribution is 5.78. The Kier molecular flexibility index (Phi) is 6.32. The van der Waals surface area contributed by atoms with Gasteiger partial charge in [-0.1, -0.05) is 30.3 Å². The van der Waals surface area contributed by atoms with E-state index in [2.05, 4.69) is 42.2 Å². The molecule has 0 atom stereocenters. The van der Waals surface area contributed by atoms with Crippen LogP contribution in [0.15, 0.2) is 30.3 Å². The minimum atomic E-state index is 0.218. The van der Waals surface area contributed by atoms with Crippen LogP contribution in [-0.4, -0.2) is 65.9 Å². The lowest BCUT2D eigenvalue weighted by Crippen LogP contribution is -2.42. The van der Waals surface area contributed by atoms with E-state index in [0.717, 1.165) is 69.2 Å².